The Morgan fingerprint density at radius 1 is 1.35 bits per heavy atom. The molecule has 1 N–H and O–H groups in total. The van der Waals surface area contributed by atoms with Crippen LogP contribution in [0.2, 0.25) is 0 Å². The molecule has 0 aromatic rings. The summed E-state index contributed by atoms with van der Waals surface area (Å²) in [6.45, 7) is 14.8. The molecular formula is C19H22O7. The van der Waals surface area contributed by atoms with Crippen LogP contribution in [0, 0.1) is 5.92 Å². The van der Waals surface area contributed by atoms with Gasteiger partial charge in [0.25, 0.3) is 0 Å². The van der Waals surface area contributed by atoms with Gasteiger partial charge in [0.2, 0.25) is 0 Å². The summed E-state index contributed by atoms with van der Waals surface area (Å²) in [5.74, 6) is -1.89. The van der Waals surface area contributed by atoms with Gasteiger partial charge in [-0.2, -0.15) is 0 Å². The number of hydrogen-bond donors (Lipinski definition) is 1. The van der Waals surface area contributed by atoms with Crippen LogP contribution in [0.25, 0.3) is 0 Å². The lowest BCUT2D eigenvalue weighted by molar-refractivity contribution is -0.151. The van der Waals surface area contributed by atoms with E-state index in [1.807, 2.05) is 6.92 Å². The van der Waals surface area contributed by atoms with Crippen molar-refractivity contribution in [3.63, 3.8) is 0 Å². The van der Waals surface area contributed by atoms with Crippen LogP contribution in [-0.4, -0.2) is 59.3 Å². The fourth-order valence-electron chi connectivity index (χ4n) is 4.05. The van der Waals surface area contributed by atoms with Crippen molar-refractivity contribution in [3.8, 4) is 0 Å². The van der Waals surface area contributed by atoms with Crippen LogP contribution < -0.4 is 0 Å². The average molecular weight is 362 g/mol. The Bertz CT molecular complexity index is 740. The minimum absolute atomic E-state index is 0.163. The van der Waals surface area contributed by atoms with Crippen LogP contribution in [0.3, 0.4) is 0 Å². The number of ether oxygens (including phenoxy) is 4. The van der Waals surface area contributed by atoms with Crippen molar-refractivity contribution in [1.82, 2.24) is 0 Å². The quantitative estimate of drug-likeness (QED) is 0.336. The molecule has 1 saturated carbocycles. The summed E-state index contributed by atoms with van der Waals surface area (Å²) < 4.78 is 22.5. The van der Waals surface area contributed by atoms with Gasteiger partial charge in [0.15, 0.2) is 0 Å². The van der Waals surface area contributed by atoms with Gasteiger partial charge < -0.3 is 24.1 Å². The Balaban J connectivity index is 1.71. The van der Waals surface area contributed by atoms with E-state index in [0.29, 0.717) is 12.0 Å². The molecule has 26 heavy (non-hydrogen) atoms. The molecule has 0 bridgehead atoms. The number of rotatable bonds is 2. The largest absolute Gasteiger partial charge is 0.458 e. The van der Waals surface area contributed by atoms with Gasteiger partial charge in [-0.3, -0.25) is 0 Å². The lowest BCUT2D eigenvalue weighted by Crippen LogP contribution is -2.44. The minimum Gasteiger partial charge on any atom is -0.458 e. The zero-order valence-electron chi connectivity index (χ0n) is 14.8. The molecule has 7 nitrogen and oxygen atoms in total. The maximum Gasteiger partial charge on any atom is 0.334 e. The highest BCUT2D eigenvalue weighted by molar-refractivity contribution is 5.91. The third-order valence-corrected chi connectivity index (χ3v) is 5.70. The van der Waals surface area contributed by atoms with Crippen molar-refractivity contribution in [1.29, 1.82) is 0 Å². The highest BCUT2D eigenvalue weighted by atomic mass is 16.7. The Kier molecular flexibility index (Phi) is 3.70. The normalized spacial score (nSPS) is 46.4. The molecule has 4 fully saturated rings. The van der Waals surface area contributed by atoms with Gasteiger partial charge >= 0.3 is 11.9 Å². The van der Waals surface area contributed by atoms with Gasteiger partial charge in [-0.15, -0.1) is 0 Å². The summed E-state index contributed by atoms with van der Waals surface area (Å²) in [5.41, 5.74) is 0.273. The summed E-state index contributed by atoms with van der Waals surface area (Å²) in [7, 11) is 0. The van der Waals surface area contributed by atoms with E-state index in [1.165, 1.54) is 0 Å². The van der Waals surface area contributed by atoms with E-state index in [4.69, 9.17) is 18.9 Å². The van der Waals surface area contributed by atoms with Crippen molar-refractivity contribution in [3.05, 3.63) is 36.5 Å². The van der Waals surface area contributed by atoms with Crippen LogP contribution in [0.4, 0.5) is 0 Å². The van der Waals surface area contributed by atoms with Crippen LogP contribution in [-0.2, 0) is 28.5 Å². The summed E-state index contributed by atoms with van der Waals surface area (Å²) in [5, 5.41) is 10.7. The van der Waals surface area contributed by atoms with E-state index in [1.54, 1.807) is 6.92 Å². The first-order valence-electron chi connectivity index (χ1n) is 8.60. The first kappa shape index (κ1) is 17.5. The highest BCUT2D eigenvalue weighted by Crippen LogP contribution is 2.54. The van der Waals surface area contributed by atoms with Crippen molar-refractivity contribution < 1.29 is 33.6 Å². The second-order valence-corrected chi connectivity index (χ2v) is 7.74. The number of fused-ring (bicyclic) bond motifs is 4. The smallest absolute Gasteiger partial charge is 0.334 e. The number of esters is 2. The van der Waals surface area contributed by atoms with Crippen LogP contribution in [0.1, 0.15) is 20.3 Å². The molecule has 3 saturated heterocycles. The van der Waals surface area contributed by atoms with Crippen LogP contribution in [0.5, 0.6) is 0 Å². The van der Waals surface area contributed by atoms with Crippen molar-refractivity contribution in [2.45, 2.75) is 62.5 Å². The molecule has 1 aliphatic carbocycles. The SMILES string of the molecule is C=C(C)C(=O)O[C@H]1C[C@@]2(C)O[C@@H]2[C@H]2O[C@H]2C(=C)[C@@H](O)[C@H]2OC(=O)C(=C)[C@@H]21. The van der Waals surface area contributed by atoms with Gasteiger partial charge in [-0.25, -0.2) is 9.59 Å². The van der Waals surface area contributed by atoms with Gasteiger partial charge in [0.05, 0.1) is 11.5 Å². The van der Waals surface area contributed by atoms with E-state index in [9.17, 15) is 14.7 Å². The second-order valence-electron chi connectivity index (χ2n) is 7.74. The molecule has 3 heterocycles. The fraction of sp³-hybridized carbons (Fsp3) is 0.579. The summed E-state index contributed by atoms with van der Waals surface area (Å²) >= 11 is 0. The van der Waals surface area contributed by atoms with E-state index >= 15 is 0 Å². The number of carbonyl (C=O) groups excluding carboxylic acids is 2. The molecule has 3 aliphatic heterocycles. The van der Waals surface area contributed by atoms with Gasteiger partial charge in [0.1, 0.15) is 36.6 Å². The average Bonchev–Trinajstić information content (AvgIpc) is 3.45. The molecular weight excluding hydrogens is 340 g/mol. The van der Waals surface area contributed by atoms with Gasteiger partial charge in [-0.1, -0.05) is 19.7 Å². The molecule has 0 amide bonds. The van der Waals surface area contributed by atoms with E-state index in [-0.39, 0.29) is 29.5 Å². The Morgan fingerprint density at radius 2 is 2.04 bits per heavy atom. The lowest BCUT2D eigenvalue weighted by Gasteiger charge is -2.31. The first-order chi connectivity index (χ1) is 12.1. The predicted molar refractivity (Wildman–Crippen MR) is 88.9 cm³/mol. The van der Waals surface area contributed by atoms with Crippen LogP contribution in [0.15, 0.2) is 36.5 Å². The van der Waals surface area contributed by atoms with E-state index in [2.05, 4.69) is 19.7 Å². The highest BCUT2D eigenvalue weighted by Gasteiger charge is 2.68. The molecule has 0 unspecified atom stereocenters. The third-order valence-electron chi connectivity index (χ3n) is 5.70. The molecule has 7 heteroatoms. The molecule has 8 atom stereocenters. The zero-order valence-corrected chi connectivity index (χ0v) is 14.8. The van der Waals surface area contributed by atoms with Crippen molar-refractivity contribution >= 4 is 11.9 Å². The monoisotopic (exact) mass is 362 g/mol. The fourth-order valence-corrected chi connectivity index (χ4v) is 4.05. The maximum atomic E-state index is 12.2. The van der Waals surface area contributed by atoms with Gasteiger partial charge in [-0.05, 0) is 19.4 Å². The lowest BCUT2D eigenvalue weighted by atomic mass is 9.79. The molecule has 0 spiro atoms. The molecule has 0 aromatic heterocycles. The Morgan fingerprint density at radius 3 is 2.69 bits per heavy atom. The second kappa shape index (κ2) is 5.52. The molecule has 140 valence electrons. The van der Waals surface area contributed by atoms with E-state index in [0.717, 1.165) is 0 Å². The third kappa shape index (κ3) is 2.53. The van der Waals surface area contributed by atoms with Crippen molar-refractivity contribution in [2.24, 2.45) is 5.92 Å². The number of aliphatic hydroxyl groups is 1. The van der Waals surface area contributed by atoms with E-state index < -0.39 is 41.8 Å². The zero-order chi connectivity index (χ0) is 19.0. The number of hydrogen-bond acceptors (Lipinski definition) is 7. The maximum absolute atomic E-state index is 12.2. The predicted octanol–water partition coefficient (Wildman–Crippen LogP) is 0.818. The van der Waals surface area contributed by atoms with Gasteiger partial charge in [0, 0.05) is 17.6 Å². The Hall–Kier alpha value is -1.96. The summed E-state index contributed by atoms with van der Waals surface area (Å²) in [4.78, 5) is 24.3. The first-order valence-corrected chi connectivity index (χ1v) is 8.60. The summed E-state index contributed by atoms with van der Waals surface area (Å²) in [6.07, 6.45) is -3.21. The van der Waals surface area contributed by atoms with Crippen molar-refractivity contribution in [2.75, 3.05) is 0 Å². The standard InChI is InChI=1S/C19H22O7/c1-7(2)17(21)23-10-6-19(5)16(26-19)15-13(24-15)9(4)12(20)14-11(10)8(3)18(22)25-14/h10-16,20H,1,3-4,6H2,2,5H3/t10-,11+,12+,13-,14-,15-,16+,19+/m0/s1. The number of aliphatic hydroxyl groups excluding tert-OH is 1. The molecule has 0 radical (unpaired) electrons. The molecule has 4 rings (SSSR count). The van der Waals surface area contributed by atoms with Crippen LogP contribution >= 0.6 is 0 Å². The molecule has 0 aromatic carbocycles. The molecule has 4 aliphatic rings. The summed E-state index contributed by atoms with van der Waals surface area (Å²) in [6, 6.07) is 0. The number of epoxide rings is 2. The minimum atomic E-state index is -1.15. The Labute approximate surface area is 151 Å². The topological polar surface area (TPSA) is 97.9 Å². The number of carbonyl (C=O) groups is 2.